The Morgan fingerprint density at radius 3 is 2.63 bits per heavy atom. The standard InChI is InChI=1S/C17H33NO/c1-13(2)16-8-5-14(3)11-17(16)18-9-4-10-19-12-15-6-7-15/h13-18H,4-12H2,1-3H3/p+1/t14-,16+,17-/m1/s1. The summed E-state index contributed by atoms with van der Waals surface area (Å²) in [5.74, 6) is 3.62. The van der Waals surface area contributed by atoms with Gasteiger partial charge in [0, 0.05) is 25.4 Å². The van der Waals surface area contributed by atoms with E-state index in [0.717, 1.165) is 42.9 Å². The van der Waals surface area contributed by atoms with Crippen LogP contribution < -0.4 is 5.32 Å². The minimum Gasteiger partial charge on any atom is -0.381 e. The molecule has 0 radical (unpaired) electrons. The third-order valence-corrected chi connectivity index (χ3v) is 5.09. The Kier molecular flexibility index (Phi) is 6.15. The molecule has 0 bridgehead atoms. The zero-order valence-electron chi connectivity index (χ0n) is 13.2. The number of quaternary nitrogens is 1. The molecule has 2 fully saturated rings. The van der Waals surface area contributed by atoms with Crippen LogP contribution in [-0.4, -0.2) is 25.8 Å². The van der Waals surface area contributed by atoms with Gasteiger partial charge < -0.3 is 10.1 Å². The van der Waals surface area contributed by atoms with Gasteiger partial charge in [-0.05, 0) is 43.4 Å². The summed E-state index contributed by atoms with van der Waals surface area (Å²) in [5, 5.41) is 2.63. The molecule has 112 valence electrons. The first-order valence-corrected chi connectivity index (χ1v) is 8.58. The van der Waals surface area contributed by atoms with Crippen LogP contribution >= 0.6 is 0 Å². The quantitative estimate of drug-likeness (QED) is 0.673. The first-order valence-electron chi connectivity index (χ1n) is 8.58. The van der Waals surface area contributed by atoms with E-state index in [2.05, 4.69) is 26.1 Å². The molecule has 2 aliphatic rings. The molecule has 3 atom stereocenters. The van der Waals surface area contributed by atoms with E-state index in [1.54, 1.807) is 0 Å². The molecule has 0 aromatic rings. The van der Waals surface area contributed by atoms with Crippen molar-refractivity contribution in [1.82, 2.24) is 0 Å². The van der Waals surface area contributed by atoms with Crippen LogP contribution in [0.3, 0.4) is 0 Å². The van der Waals surface area contributed by atoms with Crippen molar-refractivity contribution in [2.75, 3.05) is 19.8 Å². The fourth-order valence-electron chi connectivity index (χ4n) is 3.60. The number of hydrogen-bond donors (Lipinski definition) is 1. The number of nitrogens with two attached hydrogens (primary N) is 1. The van der Waals surface area contributed by atoms with Crippen LogP contribution in [0.2, 0.25) is 0 Å². The van der Waals surface area contributed by atoms with Crippen LogP contribution in [0, 0.1) is 23.7 Å². The van der Waals surface area contributed by atoms with E-state index in [9.17, 15) is 0 Å². The third-order valence-electron chi connectivity index (χ3n) is 5.09. The van der Waals surface area contributed by atoms with Gasteiger partial charge in [-0.2, -0.15) is 0 Å². The Morgan fingerprint density at radius 1 is 1.16 bits per heavy atom. The number of rotatable bonds is 8. The van der Waals surface area contributed by atoms with Crippen LogP contribution in [0.5, 0.6) is 0 Å². The Morgan fingerprint density at radius 2 is 1.95 bits per heavy atom. The van der Waals surface area contributed by atoms with E-state index in [-0.39, 0.29) is 0 Å². The average Bonchev–Trinajstić information content (AvgIpc) is 3.17. The van der Waals surface area contributed by atoms with Gasteiger partial charge in [-0.25, -0.2) is 0 Å². The van der Waals surface area contributed by atoms with Crippen LogP contribution in [0.15, 0.2) is 0 Å². The molecule has 2 nitrogen and oxygen atoms in total. The van der Waals surface area contributed by atoms with Gasteiger partial charge in [-0.3, -0.25) is 0 Å². The van der Waals surface area contributed by atoms with Gasteiger partial charge in [-0.1, -0.05) is 20.8 Å². The average molecular weight is 268 g/mol. The van der Waals surface area contributed by atoms with Gasteiger partial charge in [0.2, 0.25) is 0 Å². The summed E-state index contributed by atoms with van der Waals surface area (Å²) in [4.78, 5) is 0. The predicted octanol–water partition coefficient (Wildman–Crippen LogP) is 2.83. The summed E-state index contributed by atoms with van der Waals surface area (Å²) < 4.78 is 5.72. The Bertz CT molecular complexity index is 250. The summed E-state index contributed by atoms with van der Waals surface area (Å²) in [7, 11) is 0. The molecule has 0 heterocycles. The Labute approximate surface area is 119 Å². The molecule has 0 aliphatic heterocycles. The lowest BCUT2D eigenvalue weighted by atomic mass is 9.74. The molecule has 2 N–H and O–H groups in total. The summed E-state index contributed by atoms with van der Waals surface area (Å²) in [5.41, 5.74) is 0. The van der Waals surface area contributed by atoms with Crippen molar-refractivity contribution in [3.8, 4) is 0 Å². The lowest BCUT2D eigenvalue weighted by Crippen LogP contribution is -2.92. The largest absolute Gasteiger partial charge is 0.381 e. The van der Waals surface area contributed by atoms with Crippen LogP contribution in [0.1, 0.15) is 59.3 Å². The van der Waals surface area contributed by atoms with Crippen molar-refractivity contribution in [3.05, 3.63) is 0 Å². The lowest BCUT2D eigenvalue weighted by Gasteiger charge is -2.35. The minimum atomic E-state index is 0.847. The highest BCUT2D eigenvalue weighted by atomic mass is 16.5. The second kappa shape index (κ2) is 7.64. The molecule has 0 spiro atoms. The van der Waals surface area contributed by atoms with Crippen molar-refractivity contribution >= 4 is 0 Å². The van der Waals surface area contributed by atoms with E-state index >= 15 is 0 Å². The molecule has 2 rings (SSSR count). The zero-order chi connectivity index (χ0) is 13.7. The number of ether oxygens (including phenoxy) is 1. The summed E-state index contributed by atoms with van der Waals surface area (Å²) in [6, 6.07) is 0.868. The first kappa shape index (κ1) is 15.3. The second-order valence-corrected chi connectivity index (χ2v) is 7.39. The minimum absolute atomic E-state index is 0.847. The van der Waals surface area contributed by atoms with E-state index in [1.807, 2.05) is 0 Å². The van der Waals surface area contributed by atoms with Crippen molar-refractivity contribution in [3.63, 3.8) is 0 Å². The monoisotopic (exact) mass is 268 g/mol. The van der Waals surface area contributed by atoms with Crippen LogP contribution in [0.25, 0.3) is 0 Å². The first-order chi connectivity index (χ1) is 9.16. The summed E-state index contributed by atoms with van der Waals surface area (Å²) in [6.45, 7) is 10.5. The Balaban J connectivity index is 1.58. The highest BCUT2D eigenvalue weighted by Crippen LogP contribution is 2.31. The molecule has 0 saturated heterocycles. The number of hydrogen-bond acceptors (Lipinski definition) is 1. The van der Waals surface area contributed by atoms with Crippen molar-refractivity contribution in [1.29, 1.82) is 0 Å². The molecule has 0 unspecified atom stereocenters. The maximum atomic E-state index is 5.72. The highest BCUT2D eigenvalue weighted by Gasteiger charge is 2.32. The van der Waals surface area contributed by atoms with E-state index in [0.29, 0.717) is 0 Å². The van der Waals surface area contributed by atoms with Gasteiger partial charge in [0.15, 0.2) is 0 Å². The molecular weight excluding hydrogens is 234 g/mol. The highest BCUT2D eigenvalue weighted by molar-refractivity contribution is 4.79. The molecule has 0 amide bonds. The lowest BCUT2D eigenvalue weighted by molar-refractivity contribution is -0.700. The van der Waals surface area contributed by atoms with Gasteiger partial charge >= 0.3 is 0 Å². The summed E-state index contributed by atoms with van der Waals surface area (Å²) in [6.07, 6.45) is 8.34. The molecule has 19 heavy (non-hydrogen) atoms. The van der Waals surface area contributed by atoms with E-state index in [1.165, 1.54) is 45.1 Å². The van der Waals surface area contributed by atoms with Gasteiger partial charge in [-0.15, -0.1) is 0 Å². The van der Waals surface area contributed by atoms with Crippen molar-refractivity contribution < 1.29 is 10.1 Å². The molecular formula is C17H34NO+. The SMILES string of the molecule is CC(C)[C@@H]1CC[C@@H](C)C[C@H]1[NH2+]CCCOCC1CC1. The zero-order valence-corrected chi connectivity index (χ0v) is 13.2. The fraction of sp³-hybridized carbons (Fsp3) is 1.00. The molecule has 2 aliphatic carbocycles. The third kappa shape index (κ3) is 5.43. The molecule has 2 heteroatoms. The van der Waals surface area contributed by atoms with Crippen LogP contribution in [-0.2, 0) is 4.74 Å². The topological polar surface area (TPSA) is 25.8 Å². The molecule has 0 aromatic heterocycles. The van der Waals surface area contributed by atoms with Gasteiger partial charge in [0.25, 0.3) is 0 Å². The Hall–Kier alpha value is -0.0800. The van der Waals surface area contributed by atoms with Crippen molar-refractivity contribution in [2.45, 2.75) is 65.3 Å². The molecule has 0 aromatic carbocycles. The normalized spacial score (nSPS) is 31.9. The molecule has 2 saturated carbocycles. The predicted molar refractivity (Wildman–Crippen MR) is 80.1 cm³/mol. The smallest absolute Gasteiger partial charge is 0.0892 e. The second-order valence-electron chi connectivity index (χ2n) is 7.39. The maximum Gasteiger partial charge on any atom is 0.0892 e. The van der Waals surface area contributed by atoms with Gasteiger partial charge in [0.1, 0.15) is 0 Å². The van der Waals surface area contributed by atoms with E-state index < -0.39 is 0 Å². The maximum absolute atomic E-state index is 5.72. The van der Waals surface area contributed by atoms with Crippen molar-refractivity contribution in [2.24, 2.45) is 23.7 Å². The van der Waals surface area contributed by atoms with Crippen LogP contribution in [0.4, 0.5) is 0 Å². The fourth-order valence-corrected chi connectivity index (χ4v) is 3.60. The van der Waals surface area contributed by atoms with Gasteiger partial charge in [0.05, 0.1) is 19.2 Å². The summed E-state index contributed by atoms with van der Waals surface area (Å²) >= 11 is 0. The van der Waals surface area contributed by atoms with E-state index in [4.69, 9.17) is 4.74 Å².